The molecular weight excluding hydrogens is 368 g/mol. The second kappa shape index (κ2) is 8.22. The van der Waals surface area contributed by atoms with Gasteiger partial charge in [-0.1, -0.05) is 12.1 Å². The number of rotatable bonds is 5. The number of aromatic nitrogens is 1. The van der Waals surface area contributed by atoms with Crippen LogP contribution in [0, 0.1) is 0 Å². The van der Waals surface area contributed by atoms with E-state index in [0.717, 1.165) is 22.4 Å². The summed E-state index contributed by atoms with van der Waals surface area (Å²) in [4.78, 5) is 17.0. The summed E-state index contributed by atoms with van der Waals surface area (Å²) in [5.41, 5.74) is 3.70. The monoisotopic (exact) mass is 390 g/mol. The molecule has 1 aliphatic heterocycles. The Morgan fingerprint density at radius 3 is 2.69 bits per heavy atom. The van der Waals surface area contributed by atoms with Gasteiger partial charge in [0.05, 0.1) is 25.8 Å². The Balaban J connectivity index is 1.56. The van der Waals surface area contributed by atoms with Crippen LogP contribution in [-0.2, 0) is 6.42 Å². The van der Waals surface area contributed by atoms with E-state index in [4.69, 9.17) is 14.2 Å². The highest BCUT2D eigenvalue weighted by Gasteiger charge is 2.25. The van der Waals surface area contributed by atoms with Gasteiger partial charge in [-0.3, -0.25) is 9.78 Å². The normalized spacial score (nSPS) is 15.0. The quantitative estimate of drug-likeness (QED) is 0.722. The van der Waals surface area contributed by atoms with Gasteiger partial charge in [-0.05, 0) is 41.5 Å². The van der Waals surface area contributed by atoms with Crippen LogP contribution in [0.3, 0.4) is 0 Å². The first-order valence-corrected chi connectivity index (χ1v) is 9.37. The van der Waals surface area contributed by atoms with Crippen LogP contribution >= 0.6 is 0 Å². The molecule has 0 fully saturated rings. The summed E-state index contributed by atoms with van der Waals surface area (Å²) in [6, 6.07) is 14.9. The van der Waals surface area contributed by atoms with Crippen molar-refractivity contribution < 1.29 is 19.0 Å². The van der Waals surface area contributed by atoms with Crippen LogP contribution in [0.2, 0.25) is 0 Å². The van der Waals surface area contributed by atoms with Crippen molar-refractivity contribution in [3.05, 3.63) is 72.1 Å². The van der Waals surface area contributed by atoms with Crippen LogP contribution in [0.4, 0.5) is 0 Å². The van der Waals surface area contributed by atoms with Crippen molar-refractivity contribution in [1.82, 2.24) is 10.3 Å². The van der Waals surface area contributed by atoms with E-state index in [9.17, 15) is 4.79 Å². The van der Waals surface area contributed by atoms with Gasteiger partial charge in [-0.15, -0.1) is 0 Å². The Kier molecular flexibility index (Phi) is 5.33. The Bertz CT molecular complexity index is 1020. The number of carbonyl (C=O) groups excluding carboxylic acids is 1. The SMILES string of the molecule is COc1ccc(C(=O)N[C@@H]2COc3cccc(-c4ccncc4)c3C2)c(OC)c1. The number of carbonyl (C=O) groups is 1. The van der Waals surface area contributed by atoms with Gasteiger partial charge < -0.3 is 19.5 Å². The van der Waals surface area contributed by atoms with Crippen LogP contribution in [0.5, 0.6) is 17.2 Å². The van der Waals surface area contributed by atoms with Gasteiger partial charge in [0, 0.05) is 30.4 Å². The number of pyridine rings is 1. The number of amides is 1. The van der Waals surface area contributed by atoms with E-state index in [1.54, 1.807) is 37.7 Å². The number of methoxy groups -OCH3 is 2. The average Bonchev–Trinajstić information content (AvgIpc) is 2.78. The summed E-state index contributed by atoms with van der Waals surface area (Å²) >= 11 is 0. The number of fused-ring (bicyclic) bond motifs is 1. The maximum atomic E-state index is 12.9. The third-order valence-electron chi connectivity index (χ3n) is 5.00. The second-order valence-electron chi connectivity index (χ2n) is 6.77. The van der Waals surface area contributed by atoms with E-state index in [1.807, 2.05) is 24.3 Å². The molecule has 0 bridgehead atoms. The molecule has 0 unspecified atom stereocenters. The minimum Gasteiger partial charge on any atom is -0.497 e. The van der Waals surface area contributed by atoms with Crippen molar-refractivity contribution in [2.45, 2.75) is 12.5 Å². The zero-order valence-electron chi connectivity index (χ0n) is 16.3. The molecular formula is C23H22N2O4. The molecule has 1 amide bonds. The maximum absolute atomic E-state index is 12.9. The van der Waals surface area contributed by atoms with Crippen LogP contribution in [-0.4, -0.2) is 37.8 Å². The molecule has 6 heteroatoms. The molecule has 1 aromatic heterocycles. The van der Waals surface area contributed by atoms with Crippen molar-refractivity contribution in [3.8, 4) is 28.4 Å². The summed E-state index contributed by atoms with van der Waals surface area (Å²) in [7, 11) is 3.11. The zero-order chi connectivity index (χ0) is 20.2. The standard InChI is InChI=1S/C23H22N2O4/c1-27-17-6-7-19(22(13-17)28-2)23(26)25-16-12-20-18(15-8-10-24-11-9-15)4-3-5-21(20)29-14-16/h3-11,13,16H,12,14H2,1-2H3,(H,25,26)/t16-/m0/s1. The Morgan fingerprint density at radius 2 is 1.93 bits per heavy atom. The molecule has 0 saturated carbocycles. The molecule has 2 heterocycles. The minimum atomic E-state index is -0.206. The summed E-state index contributed by atoms with van der Waals surface area (Å²) in [6.07, 6.45) is 4.22. The Hall–Kier alpha value is -3.54. The summed E-state index contributed by atoms with van der Waals surface area (Å²) in [5, 5.41) is 3.07. The summed E-state index contributed by atoms with van der Waals surface area (Å²) < 4.78 is 16.5. The van der Waals surface area contributed by atoms with Gasteiger partial charge in [0.25, 0.3) is 5.91 Å². The van der Waals surface area contributed by atoms with E-state index in [1.165, 1.54) is 7.11 Å². The van der Waals surface area contributed by atoms with E-state index in [0.29, 0.717) is 30.1 Å². The van der Waals surface area contributed by atoms with E-state index in [2.05, 4.69) is 16.4 Å². The van der Waals surface area contributed by atoms with E-state index >= 15 is 0 Å². The van der Waals surface area contributed by atoms with Gasteiger partial charge in [0.1, 0.15) is 23.9 Å². The average molecular weight is 390 g/mol. The molecule has 0 saturated heterocycles. The lowest BCUT2D eigenvalue weighted by atomic mass is 9.93. The molecule has 1 aliphatic rings. The summed E-state index contributed by atoms with van der Waals surface area (Å²) in [5.74, 6) is 1.75. The molecule has 0 radical (unpaired) electrons. The highest BCUT2D eigenvalue weighted by atomic mass is 16.5. The second-order valence-corrected chi connectivity index (χ2v) is 6.77. The number of hydrogen-bond acceptors (Lipinski definition) is 5. The number of benzene rings is 2. The van der Waals surface area contributed by atoms with Crippen LogP contribution in [0.15, 0.2) is 60.9 Å². The summed E-state index contributed by atoms with van der Waals surface area (Å²) in [6.45, 7) is 0.414. The lowest BCUT2D eigenvalue weighted by Crippen LogP contribution is -2.43. The number of nitrogens with zero attached hydrogens (tertiary/aromatic N) is 1. The van der Waals surface area contributed by atoms with Crippen molar-refractivity contribution >= 4 is 5.91 Å². The Labute approximate surface area is 169 Å². The first kappa shape index (κ1) is 18.8. The van der Waals surface area contributed by atoms with Gasteiger partial charge in [0.15, 0.2) is 0 Å². The largest absolute Gasteiger partial charge is 0.497 e. The molecule has 2 aromatic carbocycles. The lowest BCUT2D eigenvalue weighted by molar-refractivity contribution is 0.0912. The molecule has 1 atom stereocenters. The van der Waals surface area contributed by atoms with Crippen LogP contribution in [0.1, 0.15) is 15.9 Å². The number of hydrogen-bond donors (Lipinski definition) is 1. The number of nitrogens with one attached hydrogen (secondary N) is 1. The Morgan fingerprint density at radius 1 is 1.10 bits per heavy atom. The smallest absolute Gasteiger partial charge is 0.255 e. The fourth-order valence-corrected chi connectivity index (χ4v) is 3.55. The van der Waals surface area contributed by atoms with Gasteiger partial charge in [0.2, 0.25) is 0 Å². The highest BCUT2D eigenvalue weighted by Crippen LogP contribution is 2.34. The predicted octanol–water partition coefficient (Wildman–Crippen LogP) is 3.50. The van der Waals surface area contributed by atoms with Crippen LogP contribution < -0.4 is 19.5 Å². The molecule has 3 aromatic rings. The van der Waals surface area contributed by atoms with E-state index < -0.39 is 0 Å². The molecule has 29 heavy (non-hydrogen) atoms. The molecule has 0 spiro atoms. The molecule has 0 aliphatic carbocycles. The van der Waals surface area contributed by atoms with Crippen LogP contribution in [0.25, 0.3) is 11.1 Å². The van der Waals surface area contributed by atoms with Crippen molar-refractivity contribution in [2.75, 3.05) is 20.8 Å². The zero-order valence-corrected chi connectivity index (χ0v) is 16.3. The highest BCUT2D eigenvalue weighted by molar-refractivity contribution is 5.97. The van der Waals surface area contributed by atoms with E-state index in [-0.39, 0.29) is 11.9 Å². The maximum Gasteiger partial charge on any atom is 0.255 e. The lowest BCUT2D eigenvalue weighted by Gasteiger charge is -2.28. The van der Waals surface area contributed by atoms with Gasteiger partial charge in [-0.25, -0.2) is 0 Å². The molecule has 4 rings (SSSR count). The number of ether oxygens (including phenoxy) is 3. The fraction of sp³-hybridized carbons (Fsp3) is 0.217. The molecule has 148 valence electrons. The topological polar surface area (TPSA) is 69.7 Å². The first-order chi connectivity index (χ1) is 14.2. The van der Waals surface area contributed by atoms with Gasteiger partial charge >= 0.3 is 0 Å². The fourth-order valence-electron chi connectivity index (χ4n) is 3.55. The predicted molar refractivity (Wildman–Crippen MR) is 110 cm³/mol. The first-order valence-electron chi connectivity index (χ1n) is 9.37. The molecule has 6 nitrogen and oxygen atoms in total. The van der Waals surface area contributed by atoms with Crippen molar-refractivity contribution in [2.24, 2.45) is 0 Å². The van der Waals surface area contributed by atoms with Gasteiger partial charge in [-0.2, -0.15) is 0 Å². The third kappa shape index (κ3) is 3.87. The molecule has 1 N–H and O–H groups in total. The van der Waals surface area contributed by atoms with Crippen molar-refractivity contribution in [3.63, 3.8) is 0 Å². The van der Waals surface area contributed by atoms with Crippen molar-refractivity contribution in [1.29, 1.82) is 0 Å². The minimum absolute atomic E-state index is 0.148. The third-order valence-corrected chi connectivity index (χ3v) is 5.00.